The number of nitrogens with two attached hydrogens (primary N) is 1. The molecule has 1 aliphatic rings. The van der Waals surface area contributed by atoms with Gasteiger partial charge in [-0.15, -0.1) is 24.8 Å². The highest BCUT2D eigenvalue weighted by Gasteiger charge is 2.08. The van der Waals surface area contributed by atoms with Gasteiger partial charge in [0.05, 0.1) is 0 Å². The molecule has 1 aromatic rings. The second-order valence-electron chi connectivity index (χ2n) is 3.10. The Morgan fingerprint density at radius 2 is 2.12 bits per heavy atom. The van der Waals surface area contributed by atoms with Gasteiger partial charge in [0, 0.05) is 12.1 Å². The minimum Gasteiger partial charge on any atom is -0.387 e. The largest absolute Gasteiger partial charge is 0.387 e. The summed E-state index contributed by atoms with van der Waals surface area (Å²) in [7, 11) is 0. The Kier molecular flexibility index (Phi) is 5.88. The van der Waals surface area contributed by atoms with Gasteiger partial charge >= 0.3 is 0 Å². The maximum absolute atomic E-state index is 11.2. The highest BCUT2D eigenvalue weighted by molar-refractivity contribution is 5.94. The SMILES string of the molecule is Cl.Cl.NNC(=O)c1ccc2c(c1)C=CNC2. The maximum atomic E-state index is 11.2. The van der Waals surface area contributed by atoms with E-state index in [0.717, 1.165) is 12.1 Å². The Labute approximate surface area is 106 Å². The number of carbonyl (C=O) groups is 1. The van der Waals surface area contributed by atoms with Gasteiger partial charge in [-0.05, 0) is 35.5 Å². The van der Waals surface area contributed by atoms with Crippen LogP contribution in [0.2, 0.25) is 0 Å². The van der Waals surface area contributed by atoms with E-state index in [4.69, 9.17) is 5.84 Å². The summed E-state index contributed by atoms with van der Waals surface area (Å²) in [6.07, 6.45) is 3.80. The minimum atomic E-state index is -0.264. The van der Waals surface area contributed by atoms with Crippen LogP contribution in [-0.4, -0.2) is 5.91 Å². The molecule has 0 unspecified atom stereocenters. The van der Waals surface area contributed by atoms with E-state index in [9.17, 15) is 4.79 Å². The van der Waals surface area contributed by atoms with Crippen LogP contribution in [0.3, 0.4) is 0 Å². The van der Waals surface area contributed by atoms with Gasteiger partial charge in [-0.25, -0.2) is 5.84 Å². The summed E-state index contributed by atoms with van der Waals surface area (Å²) in [6.45, 7) is 0.802. The molecule has 0 radical (unpaired) electrons. The van der Waals surface area contributed by atoms with Crippen molar-refractivity contribution in [3.05, 3.63) is 41.1 Å². The molecule has 1 aromatic carbocycles. The number of benzene rings is 1. The van der Waals surface area contributed by atoms with Crippen LogP contribution >= 0.6 is 24.8 Å². The Hall–Kier alpha value is -1.23. The van der Waals surface area contributed by atoms with Gasteiger partial charge in [0.1, 0.15) is 0 Å². The van der Waals surface area contributed by atoms with Crippen LogP contribution in [0.4, 0.5) is 0 Å². The molecule has 1 amide bonds. The third kappa shape index (κ3) is 2.88. The normalized spacial score (nSPS) is 11.3. The summed E-state index contributed by atoms with van der Waals surface area (Å²) >= 11 is 0. The van der Waals surface area contributed by atoms with Crippen LogP contribution in [0.5, 0.6) is 0 Å². The quantitative estimate of drug-likeness (QED) is 0.405. The molecule has 4 nitrogen and oxygen atoms in total. The Morgan fingerprint density at radius 3 is 2.81 bits per heavy atom. The van der Waals surface area contributed by atoms with Gasteiger partial charge in [0.15, 0.2) is 0 Å². The number of fused-ring (bicyclic) bond motifs is 1. The number of nitrogens with one attached hydrogen (secondary N) is 2. The van der Waals surface area contributed by atoms with Crippen LogP contribution in [-0.2, 0) is 6.54 Å². The van der Waals surface area contributed by atoms with Crippen molar-refractivity contribution in [2.45, 2.75) is 6.54 Å². The van der Waals surface area contributed by atoms with Crippen LogP contribution in [0, 0.1) is 0 Å². The average molecular weight is 262 g/mol. The number of carbonyl (C=O) groups excluding carboxylic acids is 1. The molecule has 1 aliphatic heterocycles. The first-order chi connectivity index (χ1) is 6.81. The molecule has 0 spiro atoms. The van der Waals surface area contributed by atoms with Crippen LogP contribution in [0.15, 0.2) is 24.4 Å². The lowest BCUT2D eigenvalue weighted by Crippen LogP contribution is -2.30. The summed E-state index contributed by atoms with van der Waals surface area (Å²) < 4.78 is 0. The number of hydrazine groups is 1. The zero-order valence-corrected chi connectivity index (χ0v) is 10.0. The summed E-state index contributed by atoms with van der Waals surface area (Å²) in [5.41, 5.74) is 4.93. The van der Waals surface area contributed by atoms with Crippen LogP contribution in [0.1, 0.15) is 21.5 Å². The predicted octanol–water partition coefficient (Wildman–Crippen LogP) is 1.21. The van der Waals surface area contributed by atoms with Gasteiger partial charge in [-0.3, -0.25) is 10.2 Å². The van der Waals surface area contributed by atoms with Crippen molar-refractivity contribution < 1.29 is 4.79 Å². The minimum absolute atomic E-state index is 0. The third-order valence-electron chi connectivity index (χ3n) is 2.21. The van der Waals surface area contributed by atoms with E-state index in [0.29, 0.717) is 5.56 Å². The summed E-state index contributed by atoms with van der Waals surface area (Å²) in [6, 6.07) is 5.52. The monoisotopic (exact) mass is 261 g/mol. The van der Waals surface area contributed by atoms with Crippen molar-refractivity contribution in [2.75, 3.05) is 0 Å². The number of nitrogen functional groups attached to an aromatic ring is 1. The smallest absolute Gasteiger partial charge is 0.265 e. The number of rotatable bonds is 1. The summed E-state index contributed by atoms with van der Waals surface area (Å²) in [5, 5.41) is 3.10. The van der Waals surface area contributed by atoms with Crippen molar-refractivity contribution in [2.24, 2.45) is 5.84 Å². The highest BCUT2D eigenvalue weighted by atomic mass is 35.5. The lowest BCUT2D eigenvalue weighted by molar-refractivity contribution is 0.0953. The first kappa shape index (κ1) is 14.8. The second-order valence-corrected chi connectivity index (χ2v) is 3.10. The van der Waals surface area contributed by atoms with Crippen molar-refractivity contribution in [3.8, 4) is 0 Å². The Balaban J connectivity index is 0.00000112. The zero-order valence-electron chi connectivity index (χ0n) is 8.40. The fourth-order valence-corrected chi connectivity index (χ4v) is 1.45. The number of halogens is 2. The average Bonchev–Trinajstić information content (AvgIpc) is 2.27. The van der Waals surface area contributed by atoms with Crippen molar-refractivity contribution in [3.63, 3.8) is 0 Å². The zero-order chi connectivity index (χ0) is 9.97. The molecule has 0 saturated carbocycles. The van der Waals surface area contributed by atoms with E-state index >= 15 is 0 Å². The molecule has 1 heterocycles. The number of amides is 1. The standard InChI is InChI=1S/C10H11N3O.2ClH/c11-13-10(14)8-1-2-9-6-12-4-3-7(9)5-8;;/h1-5,12H,6,11H2,(H,13,14);2*1H. The fraction of sp³-hybridized carbons (Fsp3) is 0.100. The molecule has 0 bridgehead atoms. The molecule has 0 fully saturated rings. The topological polar surface area (TPSA) is 67.1 Å². The van der Waals surface area contributed by atoms with Crippen molar-refractivity contribution in [1.82, 2.24) is 10.7 Å². The second kappa shape index (κ2) is 6.37. The lowest BCUT2D eigenvalue weighted by atomic mass is 10.0. The van der Waals surface area contributed by atoms with Gasteiger partial charge in [-0.1, -0.05) is 6.07 Å². The lowest BCUT2D eigenvalue weighted by Gasteiger charge is -2.12. The third-order valence-corrected chi connectivity index (χ3v) is 2.21. The van der Waals surface area contributed by atoms with Crippen molar-refractivity contribution in [1.29, 1.82) is 0 Å². The molecular weight excluding hydrogens is 249 g/mol. The number of hydrogen-bond donors (Lipinski definition) is 3. The Bertz CT molecular complexity index is 407. The first-order valence-electron chi connectivity index (χ1n) is 4.35. The van der Waals surface area contributed by atoms with Gasteiger partial charge in [0.2, 0.25) is 0 Å². The summed E-state index contributed by atoms with van der Waals surface area (Å²) in [5.74, 6) is 4.79. The molecule has 16 heavy (non-hydrogen) atoms. The fourth-order valence-electron chi connectivity index (χ4n) is 1.45. The molecular formula is C10H13Cl2N3O. The molecule has 6 heteroatoms. The van der Waals surface area contributed by atoms with E-state index in [1.165, 1.54) is 5.56 Å². The van der Waals surface area contributed by atoms with E-state index < -0.39 is 0 Å². The molecule has 0 aromatic heterocycles. The predicted molar refractivity (Wildman–Crippen MR) is 68.5 cm³/mol. The molecule has 0 atom stereocenters. The van der Waals surface area contributed by atoms with E-state index in [2.05, 4.69) is 10.7 Å². The van der Waals surface area contributed by atoms with Crippen LogP contribution in [0.25, 0.3) is 6.08 Å². The number of hydrogen-bond acceptors (Lipinski definition) is 3. The van der Waals surface area contributed by atoms with Gasteiger partial charge < -0.3 is 5.32 Å². The molecule has 88 valence electrons. The van der Waals surface area contributed by atoms with Crippen molar-refractivity contribution >= 4 is 36.8 Å². The van der Waals surface area contributed by atoms with Gasteiger partial charge in [-0.2, -0.15) is 0 Å². The highest BCUT2D eigenvalue weighted by Crippen LogP contribution is 2.16. The molecule has 0 saturated heterocycles. The summed E-state index contributed by atoms with van der Waals surface area (Å²) in [4.78, 5) is 11.2. The van der Waals surface area contributed by atoms with Crippen LogP contribution < -0.4 is 16.6 Å². The molecule has 0 aliphatic carbocycles. The first-order valence-corrected chi connectivity index (χ1v) is 4.35. The van der Waals surface area contributed by atoms with E-state index in [1.807, 2.05) is 24.4 Å². The van der Waals surface area contributed by atoms with E-state index in [-0.39, 0.29) is 30.7 Å². The maximum Gasteiger partial charge on any atom is 0.265 e. The molecule has 4 N–H and O–H groups in total. The van der Waals surface area contributed by atoms with Gasteiger partial charge in [0.25, 0.3) is 5.91 Å². The Morgan fingerprint density at radius 1 is 1.38 bits per heavy atom. The molecule has 2 rings (SSSR count). The van der Waals surface area contributed by atoms with E-state index in [1.54, 1.807) is 6.07 Å².